The lowest BCUT2D eigenvalue weighted by molar-refractivity contribution is -0.122. The average molecular weight is 246 g/mol. The molecule has 1 saturated carbocycles. The van der Waals surface area contributed by atoms with Crippen LogP contribution in [0.1, 0.15) is 37.7 Å². The molecule has 2 rings (SSSR count). The molecule has 3 N–H and O–H groups in total. The molecule has 0 spiro atoms. The topological polar surface area (TPSA) is 55.1 Å². The van der Waals surface area contributed by atoms with Crippen molar-refractivity contribution < 1.29 is 4.79 Å². The highest BCUT2D eigenvalue weighted by molar-refractivity contribution is 5.83. The summed E-state index contributed by atoms with van der Waals surface area (Å²) in [6.45, 7) is 2.72. The molecule has 3 heteroatoms. The van der Waals surface area contributed by atoms with E-state index in [1.807, 2.05) is 37.3 Å². The molecule has 1 aromatic carbocycles. The zero-order valence-electron chi connectivity index (χ0n) is 10.9. The number of nitrogens with two attached hydrogens (primary N) is 1. The molecule has 1 aliphatic rings. The van der Waals surface area contributed by atoms with E-state index in [-0.39, 0.29) is 11.8 Å². The normalized spacial score (nSPS) is 24.8. The number of amides is 1. The van der Waals surface area contributed by atoms with Crippen molar-refractivity contribution in [3.8, 4) is 0 Å². The van der Waals surface area contributed by atoms with Crippen LogP contribution in [0.3, 0.4) is 0 Å². The molecule has 1 amide bonds. The summed E-state index contributed by atoms with van der Waals surface area (Å²) in [4.78, 5) is 12.0. The maximum atomic E-state index is 12.0. The SMILES string of the molecule is CC(C(=O)NCC1CCC(N)C1)c1ccccc1. The minimum Gasteiger partial charge on any atom is -0.355 e. The maximum absolute atomic E-state index is 12.0. The molecule has 0 aliphatic heterocycles. The Morgan fingerprint density at radius 1 is 1.39 bits per heavy atom. The Morgan fingerprint density at radius 3 is 2.72 bits per heavy atom. The lowest BCUT2D eigenvalue weighted by Gasteiger charge is -2.15. The first-order valence-corrected chi connectivity index (χ1v) is 6.75. The quantitative estimate of drug-likeness (QED) is 0.854. The van der Waals surface area contributed by atoms with Gasteiger partial charge in [0.05, 0.1) is 5.92 Å². The Balaban J connectivity index is 1.81. The number of rotatable bonds is 4. The Kier molecular flexibility index (Phi) is 4.37. The molecule has 0 heterocycles. The summed E-state index contributed by atoms with van der Waals surface area (Å²) in [5, 5.41) is 3.05. The van der Waals surface area contributed by atoms with E-state index in [9.17, 15) is 4.79 Å². The van der Waals surface area contributed by atoms with Crippen molar-refractivity contribution >= 4 is 5.91 Å². The van der Waals surface area contributed by atoms with Crippen LogP contribution in [0, 0.1) is 5.92 Å². The van der Waals surface area contributed by atoms with Gasteiger partial charge in [0.1, 0.15) is 0 Å². The molecule has 3 atom stereocenters. The average Bonchev–Trinajstić information content (AvgIpc) is 2.82. The first kappa shape index (κ1) is 13.1. The molecule has 1 fully saturated rings. The zero-order chi connectivity index (χ0) is 13.0. The van der Waals surface area contributed by atoms with Crippen LogP contribution >= 0.6 is 0 Å². The predicted octanol–water partition coefficient (Wildman–Crippen LogP) is 2.03. The highest BCUT2D eigenvalue weighted by atomic mass is 16.1. The molecule has 3 nitrogen and oxygen atoms in total. The molecular formula is C15H22N2O. The number of hydrogen-bond acceptors (Lipinski definition) is 2. The minimum absolute atomic E-state index is 0.0822. The van der Waals surface area contributed by atoms with E-state index < -0.39 is 0 Å². The van der Waals surface area contributed by atoms with Gasteiger partial charge in [-0.05, 0) is 37.7 Å². The lowest BCUT2D eigenvalue weighted by atomic mass is 10.00. The molecule has 0 radical (unpaired) electrons. The lowest BCUT2D eigenvalue weighted by Crippen LogP contribution is -2.32. The number of carbonyl (C=O) groups is 1. The summed E-state index contributed by atoms with van der Waals surface area (Å²) in [6, 6.07) is 10.2. The number of benzene rings is 1. The highest BCUT2D eigenvalue weighted by Crippen LogP contribution is 2.23. The van der Waals surface area contributed by atoms with Gasteiger partial charge in [-0.15, -0.1) is 0 Å². The smallest absolute Gasteiger partial charge is 0.227 e. The fourth-order valence-corrected chi connectivity index (χ4v) is 2.59. The third-order valence-electron chi connectivity index (χ3n) is 3.84. The Hall–Kier alpha value is -1.35. The molecule has 1 aliphatic carbocycles. The van der Waals surface area contributed by atoms with Gasteiger partial charge in [0.15, 0.2) is 0 Å². The van der Waals surface area contributed by atoms with Crippen LogP contribution in [-0.4, -0.2) is 18.5 Å². The second kappa shape index (κ2) is 6.01. The molecular weight excluding hydrogens is 224 g/mol. The second-order valence-electron chi connectivity index (χ2n) is 5.32. The summed E-state index contributed by atoms with van der Waals surface area (Å²) >= 11 is 0. The van der Waals surface area contributed by atoms with Crippen molar-refractivity contribution in [1.82, 2.24) is 5.32 Å². The third-order valence-corrected chi connectivity index (χ3v) is 3.84. The summed E-state index contributed by atoms with van der Waals surface area (Å²) in [5.74, 6) is 0.592. The second-order valence-corrected chi connectivity index (χ2v) is 5.32. The van der Waals surface area contributed by atoms with Crippen LogP contribution in [0.5, 0.6) is 0 Å². The van der Waals surface area contributed by atoms with E-state index >= 15 is 0 Å². The van der Waals surface area contributed by atoms with E-state index in [4.69, 9.17) is 5.73 Å². The Morgan fingerprint density at radius 2 is 2.11 bits per heavy atom. The maximum Gasteiger partial charge on any atom is 0.227 e. The van der Waals surface area contributed by atoms with Gasteiger partial charge in [-0.3, -0.25) is 4.79 Å². The molecule has 0 saturated heterocycles. The van der Waals surface area contributed by atoms with Crippen LogP contribution in [0.2, 0.25) is 0 Å². The van der Waals surface area contributed by atoms with Crippen LogP contribution in [0.15, 0.2) is 30.3 Å². The first-order valence-electron chi connectivity index (χ1n) is 6.75. The molecule has 0 aromatic heterocycles. The van der Waals surface area contributed by atoms with Gasteiger partial charge in [-0.25, -0.2) is 0 Å². The van der Waals surface area contributed by atoms with Crippen molar-refractivity contribution in [2.24, 2.45) is 11.7 Å². The van der Waals surface area contributed by atoms with E-state index in [1.54, 1.807) is 0 Å². The van der Waals surface area contributed by atoms with Gasteiger partial charge >= 0.3 is 0 Å². The van der Waals surface area contributed by atoms with Gasteiger partial charge in [0.25, 0.3) is 0 Å². The fourth-order valence-electron chi connectivity index (χ4n) is 2.59. The molecule has 18 heavy (non-hydrogen) atoms. The van der Waals surface area contributed by atoms with Gasteiger partial charge < -0.3 is 11.1 Å². The van der Waals surface area contributed by atoms with Crippen molar-refractivity contribution in [3.05, 3.63) is 35.9 Å². The van der Waals surface area contributed by atoms with E-state index in [2.05, 4.69) is 5.32 Å². The fraction of sp³-hybridized carbons (Fsp3) is 0.533. The standard InChI is InChI=1S/C15H22N2O/c1-11(13-5-3-2-4-6-13)15(18)17-10-12-7-8-14(16)9-12/h2-6,11-12,14H,7-10,16H2,1H3,(H,17,18). The van der Waals surface area contributed by atoms with Gasteiger partial charge in [0.2, 0.25) is 5.91 Å². The third kappa shape index (κ3) is 3.33. The monoisotopic (exact) mass is 246 g/mol. The van der Waals surface area contributed by atoms with Crippen LogP contribution < -0.4 is 11.1 Å². The van der Waals surface area contributed by atoms with E-state index in [0.717, 1.165) is 31.4 Å². The number of hydrogen-bond donors (Lipinski definition) is 2. The van der Waals surface area contributed by atoms with E-state index in [1.165, 1.54) is 0 Å². The van der Waals surface area contributed by atoms with Crippen LogP contribution in [0.25, 0.3) is 0 Å². The summed E-state index contributed by atoms with van der Waals surface area (Å²) in [7, 11) is 0. The van der Waals surface area contributed by atoms with Crippen molar-refractivity contribution in [3.63, 3.8) is 0 Å². The predicted molar refractivity (Wildman–Crippen MR) is 73.2 cm³/mol. The summed E-state index contributed by atoms with van der Waals surface area (Å²) in [5.41, 5.74) is 6.94. The summed E-state index contributed by atoms with van der Waals surface area (Å²) in [6.07, 6.45) is 3.27. The molecule has 3 unspecified atom stereocenters. The Labute approximate surface area is 109 Å². The zero-order valence-corrected chi connectivity index (χ0v) is 10.9. The van der Waals surface area contributed by atoms with Gasteiger partial charge in [0, 0.05) is 12.6 Å². The molecule has 98 valence electrons. The molecule has 1 aromatic rings. The van der Waals surface area contributed by atoms with Gasteiger partial charge in [-0.2, -0.15) is 0 Å². The largest absolute Gasteiger partial charge is 0.355 e. The van der Waals surface area contributed by atoms with Crippen molar-refractivity contribution in [2.75, 3.05) is 6.54 Å². The molecule has 0 bridgehead atoms. The van der Waals surface area contributed by atoms with Gasteiger partial charge in [-0.1, -0.05) is 30.3 Å². The highest BCUT2D eigenvalue weighted by Gasteiger charge is 2.23. The van der Waals surface area contributed by atoms with Crippen molar-refractivity contribution in [2.45, 2.75) is 38.1 Å². The van der Waals surface area contributed by atoms with Crippen molar-refractivity contribution in [1.29, 1.82) is 0 Å². The first-order chi connectivity index (χ1) is 8.66. The number of carbonyl (C=O) groups excluding carboxylic acids is 1. The number of nitrogens with one attached hydrogen (secondary N) is 1. The summed E-state index contributed by atoms with van der Waals surface area (Å²) < 4.78 is 0. The van der Waals surface area contributed by atoms with Crippen LogP contribution in [0.4, 0.5) is 0 Å². The van der Waals surface area contributed by atoms with Crippen LogP contribution in [-0.2, 0) is 4.79 Å². The Bertz CT molecular complexity index is 391. The minimum atomic E-state index is -0.0822. The van der Waals surface area contributed by atoms with E-state index in [0.29, 0.717) is 12.0 Å².